The van der Waals surface area contributed by atoms with Crippen LogP contribution in [0.1, 0.15) is 61.3 Å². The molecule has 0 radical (unpaired) electrons. The van der Waals surface area contributed by atoms with Crippen molar-refractivity contribution in [3.8, 4) is 5.75 Å². The molecule has 1 aromatic carbocycles. The molecule has 1 N–H and O–H groups in total. The van der Waals surface area contributed by atoms with E-state index in [1.165, 1.54) is 0 Å². The molecule has 3 heterocycles. The topological polar surface area (TPSA) is 72.3 Å². The van der Waals surface area contributed by atoms with Crippen molar-refractivity contribution in [2.75, 3.05) is 26.2 Å². The molecule has 0 saturated carbocycles. The summed E-state index contributed by atoms with van der Waals surface area (Å²) in [7, 11) is 0. The molecule has 7 nitrogen and oxygen atoms in total. The lowest BCUT2D eigenvalue weighted by molar-refractivity contribution is -0.134. The molecule has 156 valence electrons. The van der Waals surface area contributed by atoms with Gasteiger partial charge in [-0.15, -0.1) is 10.2 Å². The number of carbonyl (C=O) groups is 1. The predicted molar refractivity (Wildman–Crippen MR) is 111 cm³/mol. The van der Waals surface area contributed by atoms with Crippen molar-refractivity contribution in [2.45, 2.75) is 58.5 Å². The van der Waals surface area contributed by atoms with Crippen molar-refractivity contribution in [3.05, 3.63) is 41.0 Å². The van der Waals surface area contributed by atoms with E-state index in [1.807, 2.05) is 17.9 Å². The Bertz CT molecular complexity index is 868. The fourth-order valence-electron chi connectivity index (χ4n) is 4.28. The van der Waals surface area contributed by atoms with E-state index in [2.05, 4.69) is 46.1 Å². The maximum absolute atomic E-state index is 12.7. The fourth-order valence-corrected chi connectivity index (χ4v) is 4.28. The predicted octanol–water partition coefficient (Wildman–Crippen LogP) is 2.60. The third-order valence-electron chi connectivity index (χ3n) is 6.01. The monoisotopic (exact) mass is 397 g/mol. The van der Waals surface area contributed by atoms with E-state index in [0.717, 1.165) is 74.1 Å². The van der Waals surface area contributed by atoms with Gasteiger partial charge in [-0.1, -0.05) is 26.0 Å². The molecular formula is C22H31N5O2. The lowest BCUT2D eigenvalue weighted by Crippen LogP contribution is -2.41. The van der Waals surface area contributed by atoms with Gasteiger partial charge in [0.2, 0.25) is 0 Å². The number of hydrogen-bond donors (Lipinski definition) is 1. The summed E-state index contributed by atoms with van der Waals surface area (Å²) in [5, 5.41) is 12.1. The second-order valence-corrected chi connectivity index (χ2v) is 8.44. The Labute approximate surface area is 172 Å². The molecule has 1 aromatic heterocycles. The molecule has 29 heavy (non-hydrogen) atoms. The molecule has 2 aliphatic rings. The molecule has 1 saturated heterocycles. The number of aryl methyl sites for hydroxylation is 1. The van der Waals surface area contributed by atoms with E-state index in [9.17, 15) is 4.79 Å². The number of ether oxygens (including phenoxy) is 1. The third kappa shape index (κ3) is 4.29. The van der Waals surface area contributed by atoms with Gasteiger partial charge in [-0.25, -0.2) is 0 Å². The number of carbonyl (C=O) groups excluding carboxylic acids is 1. The maximum atomic E-state index is 12.7. The van der Waals surface area contributed by atoms with Crippen LogP contribution in [0.25, 0.3) is 0 Å². The van der Waals surface area contributed by atoms with Crippen LogP contribution in [0.5, 0.6) is 5.75 Å². The normalized spacial score (nSPS) is 17.4. The zero-order valence-corrected chi connectivity index (χ0v) is 17.6. The molecule has 1 amide bonds. The van der Waals surface area contributed by atoms with Gasteiger partial charge in [0, 0.05) is 32.1 Å². The smallest absolute Gasteiger partial charge is 0.260 e. The summed E-state index contributed by atoms with van der Waals surface area (Å²) in [5.74, 6) is 3.74. The van der Waals surface area contributed by atoms with E-state index >= 15 is 0 Å². The first-order chi connectivity index (χ1) is 14.0. The van der Waals surface area contributed by atoms with Gasteiger partial charge in [-0.3, -0.25) is 4.79 Å². The second kappa shape index (κ2) is 8.53. The van der Waals surface area contributed by atoms with Crippen LogP contribution < -0.4 is 10.1 Å². The molecule has 0 aliphatic carbocycles. The van der Waals surface area contributed by atoms with Crippen molar-refractivity contribution in [1.82, 2.24) is 25.0 Å². The van der Waals surface area contributed by atoms with Crippen molar-refractivity contribution in [3.63, 3.8) is 0 Å². The number of amides is 1. The largest absolute Gasteiger partial charge is 0.483 e. The van der Waals surface area contributed by atoms with E-state index in [0.29, 0.717) is 11.8 Å². The number of nitrogens with one attached hydrogen (secondary N) is 1. The Hall–Kier alpha value is -2.41. The number of likely N-dealkylation sites (tertiary alicyclic amines) is 1. The van der Waals surface area contributed by atoms with Crippen LogP contribution in [0.2, 0.25) is 0 Å². The molecule has 1 fully saturated rings. The number of nitrogens with zero attached hydrogens (tertiary/aromatic N) is 4. The molecule has 2 aliphatic heterocycles. The minimum absolute atomic E-state index is 0.0622. The first-order valence-corrected chi connectivity index (χ1v) is 10.7. The molecule has 2 aromatic rings. The first-order valence-electron chi connectivity index (χ1n) is 10.7. The summed E-state index contributed by atoms with van der Waals surface area (Å²) >= 11 is 0. The zero-order valence-electron chi connectivity index (χ0n) is 17.6. The van der Waals surface area contributed by atoms with Crippen LogP contribution in [0.3, 0.4) is 0 Å². The van der Waals surface area contributed by atoms with Crippen LogP contribution in [0.4, 0.5) is 0 Å². The summed E-state index contributed by atoms with van der Waals surface area (Å²) in [6, 6.07) is 6.21. The van der Waals surface area contributed by atoms with Crippen LogP contribution in [-0.4, -0.2) is 51.8 Å². The van der Waals surface area contributed by atoms with Gasteiger partial charge >= 0.3 is 0 Å². The van der Waals surface area contributed by atoms with Crippen LogP contribution in [-0.2, 0) is 17.9 Å². The summed E-state index contributed by atoms with van der Waals surface area (Å²) in [6.45, 7) is 10.6. The van der Waals surface area contributed by atoms with E-state index < -0.39 is 0 Å². The highest BCUT2D eigenvalue weighted by Crippen LogP contribution is 2.29. The Morgan fingerprint density at radius 3 is 2.79 bits per heavy atom. The number of piperidine rings is 1. The average molecular weight is 398 g/mol. The van der Waals surface area contributed by atoms with Crippen molar-refractivity contribution in [2.24, 2.45) is 0 Å². The summed E-state index contributed by atoms with van der Waals surface area (Å²) in [4.78, 5) is 14.6. The highest BCUT2D eigenvalue weighted by atomic mass is 16.5. The van der Waals surface area contributed by atoms with E-state index in [4.69, 9.17) is 4.74 Å². The Morgan fingerprint density at radius 2 is 2.03 bits per heavy atom. The van der Waals surface area contributed by atoms with Crippen molar-refractivity contribution >= 4 is 5.91 Å². The minimum atomic E-state index is 0.0622. The quantitative estimate of drug-likeness (QED) is 0.840. The van der Waals surface area contributed by atoms with Gasteiger partial charge in [0.25, 0.3) is 5.91 Å². The Kier molecular flexibility index (Phi) is 5.85. The minimum Gasteiger partial charge on any atom is -0.483 e. The standard InChI is InChI=1S/C22H31N5O2/c1-15(2)18-5-4-16(3)12-19(18)29-14-21(28)26-9-6-17(7-10-26)22-25-24-20-13-23-8-11-27(20)22/h4-5,12,15,17,23H,6-11,13-14H2,1-3H3. The molecule has 7 heteroatoms. The molecule has 4 rings (SSSR count). The third-order valence-corrected chi connectivity index (χ3v) is 6.01. The maximum Gasteiger partial charge on any atom is 0.260 e. The van der Waals surface area contributed by atoms with Crippen LogP contribution >= 0.6 is 0 Å². The summed E-state index contributed by atoms with van der Waals surface area (Å²) < 4.78 is 8.20. The van der Waals surface area contributed by atoms with Crippen molar-refractivity contribution < 1.29 is 9.53 Å². The van der Waals surface area contributed by atoms with Gasteiger partial charge in [0.05, 0.1) is 6.54 Å². The fraction of sp³-hybridized carbons (Fsp3) is 0.591. The first kappa shape index (κ1) is 19.9. The van der Waals surface area contributed by atoms with E-state index in [-0.39, 0.29) is 12.5 Å². The summed E-state index contributed by atoms with van der Waals surface area (Å²) in [5.41, 5.74) is 2.29. The number of hydrogen-bond acceptors (Lipinski definition) is 5. The summed E-state index contributed by atoms with van der Waals surface area (Å²) in [6.07, 6.45) is 1.86. The van der Waals surface area contributed by atoms with Crippen LogP contribution in [0.15, 0.2) is 18.2 Å². The highest BCUT2D eigenvalue weighted by molar-refractivity contribution is 5.78. The molecular weight excluding hydrogens is 366 g/mol. The van der Waals surface area contributed by atoms with Crippen molar-refractivity contribution in [1.29, 1.82) is 0 Å². The average Bonchev–Trinajstić information content (AvgIpc) is 3.16. The Balaban J connectivity index is 1.33. The molecule has 0 atom stereocenters. The van der Waals surface area contributed by atoms with Gasteiger partial charge in [-0.05, 0) is 42.9 Å². The molecule has 0 spiro atoms. The number of fused-ring (bicyclic) bond motifs is 1. The van der Waals surface area contributed by atoms with E-state index in [1.54, 1.807) is 0 Å². The number of aromatic nitrogens is 3. The highest BCUT2D eigenvalue weighted by Gasteiger charge is 2.29. The number of benzene rings is 1. The Morgan fingerprint density at radius 1 is 1.24 bits per heavy atom. The lowest BCUT2D eigenvalue weighted by Gasteiger charge is -2.32. The molecule has 0 unspecified atom stereocenters. The number of rotatable bonds is 5. The second-order valence-electron chi connectivity index (χ2n) is 8.44. The van der Waals surface area contributed by atoms with Crippen LogP contribution in [0, 0.1) is 6.92 Å². The van der Waals surface area contributed by atoms with Gasteiger partial charge in [0.15, 0.2) is 6.61 Å². The van der Waals surface area contributed by atoms with Gasteiger partial charge in [0.1, 0.15) is 17.4 Å². The van der Waals surface area contributed by atoms with Gasteiger partial charge < -0.3 is 19.5 Å². The lowest BCUT2D eigenvalue weighted by atomic mass is 9.95. The molecule has 0 bridgehead atoms. The zero-order chi connectivity index (χ0) is 20.4. The SMILES string of the molecule is Cc1ccc(C(C)C)c(OCC(=O)N2CCC(c3nnc4n3CCNC4)CC2)c1. The van der Waals surface area contributed by atoms with Gasteiger partial charge in [-0.2, -0.15) is 0 Å².